The first-order valence-electron chi connectivity index (χ1n) is 0. The maximum absolute atomic E-state index is 0. The van der Waals surface area contributed by atoms with Crippen LogP contribution in [-0.2, 0) is 0 Å². The molecule has 26 heteroatoms. The molecular weight excluding hydrogens is 1670 g/mol. The molecule has 0 aliphatic heterocycles. The average Bonchev–Trinajstić information content (AvgIpc) is 0. The van der Waals surface area contributed by atoms with Crippen LogP contribution in [0.25, 0.3) is 0 Å². The van der Waals surface area contributed by atoms with E-state index in [-0.39, 0.29) is 800 Å². The normalized spacial score (nSPS) is 0. The van der Waals surface area contributed by atoms with Gasteiger partial charge in [-0.15, -0.1) is 272 Å². The predicted molar refractivity (Wildman–Crippen MR) is 176 cm³/mol. The summed E-state index contributed by atoms with van der Waals surface area (Å²) in [5, 5.41) is 0. The quantitative estimate of drug-likeness (QED) is 0.212. The van der Waals surface area contributed by atoms with Crippen LogP contribution in [0.5, 0.6) is 0 Å². The van der Waals surface area contributed by atoms with Gasteiger partial charge in [0, 0.05) is 0 Å². The average molecular weight is 1700 g/mol. The summed E-state index contributed by atoms with van der Waals surface area (Å²) in [5.41, 5.74) is 0. The molecule has 0 aliphatic rings. The van der Waals surface area contributed by atoms with Crippen molar-refractivity contribution in [3.05, 3.63) is 0 Å². The van der Waals surface area contributed by atoms with Crippen molar-refractivity contribution in [2.45, 2.75) is 0 Å². The van der Waals surface area contributed by atoms with Gasteiger partial charge in [0.25, 0.3) is 0 Å². The van der Waals surface area contributed by atoms with Crippen molar-refractivity contribution in [3.63, 3.8) is 0 Å². The van der Waals surface area contributed by atoms with Gasteiger partial charge < -0.3 is 14.3 Å². The molecule has 0 amide bonds. The molecule has 0 aliphatic carbocycles. The summed E-state index contributed by atoms with van der Waals surface area (Å²) in [4.78, 5) is 0. The minimum absolute atomic E-state index is 0. The van der Waals surface area contributed by atoms with Gasteiger partial charge in [0.15, 0.2) is 0 Å². The summed E-state index contributed by atoms with van der Waals surface area (Å²) in [6, 6.07) is 0. The van der Waals surface area contributed by atoms with Gasteiger partial charge in [0.2, 0.25) is 0 Å². The van der Waals surface area contributed by atoms with Crippen molar-refractivity contribution in [2.24, 2.45) is 0 Å². The number of hydrogen-bond donors (Lipinski definition) is 0. The smallest absolute Gasteiger partial charge is 1.00 e. The third-order valence-electron chi connectivity index (χ3n) is 0. The van der Waals surface area contributed by atoms with Crippen LogP contribution in [0.1, 0.15) is 14.3 Å². The fourth-order valence-electron chi connectivity index (χ4n) is 0. The molecule has 0 saturated carbocycles. The van der Waals surface area contributed by atoms with Gasteiger partial charge in [0.1, 0.15) is 0 Å². The van der Waals surface area contributed by atoms with Gasteiger partial charge >= 0.3 is 514 Å². The fraction of sp³-hybridized carbons (Fsp3) is 0. The molecule has 0 saturated heterocycles. The van der Waals surface area contributed by atoms with Crippen molar-refractivity contribution in [2.75, 3.05) is 0 Å². The zero-order valence-corrected chi connectivity index (χ0v) is 75.2. The molecule has 0 bridgehead atoms. The van der Waals surface area contributed by atoms with E-state index in [0.717, 1.165) is 0 Å². The van der Waals surface area contributed by atoms with Gasteiger partial charge in [-0.3, -0.25) is 0 Å². The summed E-state index contributed by atoms with van der Waals surface area (Å²) in [7, 11) is 0. The Hall–Kier alpha value is 24.0. The minimum Gasteiger partial charge on any atom is -1.00 e. The van der Waals surface area contributed by atoms with E-state index in [9.17, 15) is 0 Å². The summed E-state index contributed by atoms with van der Waals surface area (Å²) < 4.78 is 0. The van der Waals surface area contributed by atoms with Crippen molar-refractivity contribution in [1.82, 2.24) is 0 Å². The maximum Gasteiger partial charge on any atom is 1.00 e. The van der Waals surface area contributed by atoms with Gasteiger partial charge in [-0.2, -0.15) is 0 Å². The molecule has 0 nitrogen and oxygen atoms in total. The summed E-state index contributed by atoms with van der Waals surface area (Å²) in [5.74, 6) is 0. The molecule has 148 valence electrons. The van der Waals surface area contributed by atoms with E-state index in [4.69, 9.17) is 0 Å². The fourth-order valence-corrected chi connectivity index (χ4v) is 0. The summed E-state index contributed by atoms with van der Waals surface area (Å²) in [6.07, 6.45) is 0. The molecule has 0 radical (unpaired) electrons. The Morgan fingerprint density at radius 3 is 0.115 bits per heavy atom. The number of rotatable bonds is 0. The Balaban J connectivity index is 0. The van der Waals surface area contributed by atoms with Crippen LogP contribution in [0.15, 0.2) is 0 Å². The molecule has 0 unspecified atom stereocenters. The van der Waals surface area contributed by atoms with E-state index in [2.05, 4.69) is 0 Å². The zero-order valence-electron chi connectivity index (χ0n) is 26.5. The Morgan fingerprint density at radius 2 is 0.115 bits per heavy atom. The van der Waals surface area contributed by atoms with Crippen LogP contribution in [0.4, 0.5) is 0 Å². The van der Waals surface area contributed by atoms with E-state index in [1.54, 1.807) is 0 Å². The second-order valence-corrected chi connectivity index (χ2v) is 0. The van der Waals surface area contributed by atoms with Crippen LogP contribution in [0, 0.1) is 0 Å². The first-order chi connectivity index (χ1) is 0. The van der Waals surface area contributed by atoms with Crippen LogP contribution >= 0.6 is 272 Å². The molecule has 0 aromatic rings. The third kappa shape index (κ3) is 184. The molecule has 0 heterocycles. The Morgan fingerprint density at radius 1 is 0.115 bits per heavy atom. The third-order valence-corrected chi connectivity index (χ3v) is 0. The maximum atomic E-state index is 0. The SMILES string of the molecule is Br.Br.Br.Br.Br.Br.Br.Br.Br.Br.Br.Br.Br.Br.Br.Br.[H-].[H-].[H-].[H-].[H-].[H-].[H-].[H-].[H-].[H-].[K+].[K+].[K+].[K+].[K+].[K+].[K+].[K+].[K+].[K+]. The predicted octanol–water partition coefficient (Wildman–Crippen LogP) is -19.6. The van der Waals surface area contributed by atoms with Crippen LogP contribution in [0.2, 0.25) is 0 Å². The second-order valence-electron chi connectivity index (χ2n) is 0. The number of halogens is 16. The molecule has 0 spiro atoms. The van der Waals surface area contributed by atoms with E-state index in [1.807, 2.05) is 0 Å². The monoisotopic (exact) mass is 1680 g/mol. The van der Waals surface area contributed by atoms with Gasteiger partial charge in [-0.1, -0.05) is 0 Å². The van der Waals surface area contributed by atoms with Crippen molar-refractivity contribution < 1.29 is 528 Å². The van der Waals surface area contributed by atoms with Crippen molar-refractivity contribution >= 4 is 272 Å². The Kier molecular flexibility index (Phi) is 1570. The van der Waals surface area contributed by atoms with Crippen LogP contribution < -0.4 is 514 Å². The largest absolute Gasteiger partial charge is 1.00 e. The van der Waals surface area contributed by atoms with Crippen molar-refractivity contribution in [3.8, 4) is 0 Å². The van der Waals surface area contributed by atoms with Gasteiger partial charge in [-0.25, -0.2) is 0 Å². The first-order valence-corrected chi connectivity index (χ1v) is 0. The molecule has 0 atom stereocenters. The van der Waals surface area contributed by atoms with E-state index < -0.39 is 0 Å². The van der Waals surface area contributed by atoms with Crippen LogP contribution in [0.3, 0.4) is 0 Å². The number of hydrogen-bond acceptors (Lipinski definition) is 0. The molecular formula is H26Br16K10. The minimum atomic E-state index is 0. The molecule has 0 rings (SSSR count). The second kappa shape index (κ2) is 196. The van der Waals surface area contributed by atoms with E-state index in [1.165, 1.54) is 0 Å². The van der Waals surface area contributed by atoms with E-state index >= 15 is 0 Å². The molecule has 0 aromatic carbocycles. The molecule has 0 N–H and O–H groups in total. The summed E-state index contributed by atoms with van der Waals surface area (Å²) >= 11 is 0. The van der Waals surface area contributed by atoms with Gasteiger partial charge in [-0.05, 0) is 0 Å². The topological polar surface area (TPSA) is 0 Å². The zero-order chi connectivity index (χ0) is 0. The molecule has 0 aromatic heterocycles. The van der Waals surface area contributed by atoms with Gasteiger partial charge in [0.05, 0.1) is 0 Å². The molecule has 0 fully saturated rings. The Labute approximate surface area is 770 Å². The van der Waals surface area contributed by atoms with Crippen molar-refractivity contribution in [1.29, 1.82) is 0 Å². The standard InChI is InChI=1S/16BrH.10K.10H/h16*1H;;;;;;;;;;;;;;;;;;;;/q;;;;;;;;;;;;;;;;10*+1;10*-1. The summed E-state index contributed by atoms with van der Waals surface area (Å²) in [6.45, 7) is 0. The van der Waals surface area contributed by atoms with E-state index in [0.29, 0.717) is 0 Å². The molecule has 26 heavy (non-hydrogen) atoms. The van der Waals surface area contributed by atoms with Crippen LogP contribution in [-0.4, -0.2) is 0 Å². The Bertz CT molecular complexity index is 55.7. The first kappa shape index (κ1) is 208.